The SMILES string of the molecule is CN(C)[C@@H](CNC(=O)CN1C[C@H]2CC[C@H]1C2)c1ccccc1. The first kappa shape index (κ1) is 15.5. The van der Waals surface area contributed by atoms with E-state index in [0.717, 1.165) is 12.5 Å². The van der Waals surface area contributed by atoms with Crippen LogP contribution in [0.5, 0.6) is 0 Å². The molecule has 120 valence electrons. The fourth-order valence-electron chi connectivity index (χ4n) is 3.95. The van der Waals surface area contributed by atoms with Gasteiger partial charge in [0.2, 0.25) is 5.91 Å². The van der Waals surface area contributed by atoms with Crippen molar-refractivity contribution in [3.63, 3.8) is 0 Å². The minimum absolute atomic E-state index is 0.162. The molecule has 0 unspecified atom stereocenters. The molecule has 2 bridgehead atoms. The summed E-state index contributed by atoms with van der Waals surface area (Å²) >= 11 is 0. The van der Waals surface area contributed by atoms with Crippen LogP contribution in [-0.2, 0) is 4.79 Å². The summed E-state index contributed by atoms with van der Waals surface area (Å²) < 4.78 is 0. The van der Waals surface area contributed by atoms with Crippen molar-refractivity contribution in [1.82, 2.24) is 15.1 Å². The number of nitrogens with one attached hydrogen (secondary N) is 1. The standard InChI is InChI=1S/C18H27N3O/c1-20(2)17(15-6-4-3-5-7-15)11-19-18(22)13-21-12-14-8-9-16(21)10-14/h3-7,14,16-17H,8-13H2,1-2H3,(H,19,22)/t14-,16-,17-/m0/s1. The van der Waals surface area contributed by atoms with Crippen LogP contribution in [0.3, 0.4) is 0 Å². The van der Waals surface area contributed by atoms with Crippen LogP contribution in [0.15, 0.2) is 30.3 Å². The van der Waals surface area contributed by atoms with E-state index in [9.17, 15) is 4.79 Å². The van der Waals surface area contributed by atoms with Crippen molar-refractivity contribution in [2.24, 2.45) is 5.92 Å². The Morgan fingerprint density at radius 2 is 2.09 bits per heavy atom. The minimum atomic E-state index is 0.162. The van der Waals surface area contributed by atoms with Crippen LogP contribution in [0, 0.1) is 5.92 Å². The molecule has 1 saturated heterocycles. The van der Waals surface area contributed by atoms with Crippen LogP contribution < -0.4 is 5.32 Å². The van der Waals surface area contributed by atoms with Gasteiger partial charge in [-0.1, -0.05) is 30.3 Å². The topological polar surface area (TPSA) is 35.6 Å². The van der Waals surface area contributed by atoms with E-state index < -0.39 is 0 Å². The average molecular weight is 301 g/mol. The molecule has 22 heavy (non-hydrogen) atoms. The second-order valence-corrected chi connectivity index (χ2v) is 6.96. The van der Waals surface area contributed by atoms with E-state index in [1.807, 2.05) is 6.07 Å². The lowest BCUT2D eigenvalue weighted by molar-refractivity contribution is -0.122. The summed E-state index contributed by atoms with van der Waals surface area (Å²) in [6.45, 7) is 2.35. The highest BCUT2D eigenvalue weighted by Gasteiger charge is 2.38. The predicted octanol–water partition coefficient (Wildman–Crippen LogP) is 1.89. The lowest BCUT2D eigenvalue weighted by Gasteiger charge is -2.28. The fourth-order valence-corrected chi connectivity index (χ4v) is 3.95. The molecular formula is C18H27N3O. The van der Waals surface area contributed by atoms with Gasteiger partial charge in [-0.25, -0.2) is 0 Å². The Hall–Kier alpha value is -1.39. The molecule has 0 radical (unpaired) electrons. The Labute approximate surface area is 133 Å². The third-order valence-corrected chi connectivity index (χ3v) is 5.17. The molecule has 4 nitrogen and oxygen atoms in total. The van der Waals surface area contributed by atoms with Crippen molar-refractivity contribution in [1.29, 1.82) is 0 Å². The summed E-state index contributed by atoms with van der Waals surface area (Å²) in [7, 11) is 4.12. The lowest BCUT2D eigenvalue weighted by Crippen LogP contribution is -2.43. The second-order valence-electron chi connectivity index (χ2n) is 6.96. The molecule has 1 amide bonds. The van der Waals surface area contributed by atoms with E-state index in [4.69, 9.17) is 0 Å². The first-order valence-corrected chi connectivity index (χ1v) is 8.35. The Morgan fingerprint density at radius 3 is 2.68 bits per heavy atom. The van der Waals surface area contributed by atoms with Crippen LogP contribution in [0.4, 0.5) is 0 Å². The Morgan fingerprint density at radius 1 is 1.32 bits per heavy atom. The molecule has 1 aromatic rings. The summed E-state index contributed by atoms with van der Waals surface area (Å²) in [4.78, 5) is 16.8. The monoisotopic (exact) mass is 301 g/mol. The zero-order valence-electron chi connectivity index (χ0n) is 13.7. The number of likely N-dealkylation sites (tertiary alicyclic amines) is 1. The second kappa shape index (κ2) is 6.80. The number of benzene rings is 1. The van der Waals surface area contributed by atoms with Gasteiger partial charge in [0.15, 0.2) is 0 Å². The van der Waals surface area contributed by atoms with Crippen molar-refractivity contribution in [3.05, 3.63) is 35.9 Å². The maximum atomic E-state index is 12.3. The van der Waals surface area contributed by atoms with E-state index >= 15 is 0 Å². The molecule has 2 aliphatic rings. The molecule has 0 spiro atoms. The predicted molar refractivity (Wildman–Crippen MR) is 88.6 cm³/mol. The summed E-state index contributed by atoms with van der Waals surface area (Å²) in [5.41, 5.74) is 1.24. The van der Waals surface area contributed by atoms with Crippen LogP contribution in [0.25, 0.3) is 0 Å². The average Bonchev–Trinajstić information content (AvgIpc) is 3.11. The summed E-state index contributed by atoms with van der Waals surface area (Å²) in [5, 5.41) is 3.13. The number of nitrogens with zero attached hydrogens (tertiary/aromatic N) is 2. The van der Waals surface area contributed by atoms with Crippen molar-refractivity contribution >= 4 is 5.91 Å². The first-order valence-electron chi connectivity index (χ1n) is 8.35. The number of rotatable bonds is 6. The molecule has 1 aromatic carbocycles. The highest BCUT2D eigenvalue weighted by molar-refractivity contribution is 5.78. The Balaban J connectivity index is 1.50. The van der Waals surface area contributed by atoms with E-state index in [1.165, 1.54) is 24.8 Å². The van der Waals surface area contributed by atoms with Gasteiger partial charge in [-0.15, -0.1) is 0 Å². The highest BCUT2D eigenvalue weighted by Crippen LogP contribution is 2.36. The van der Waals surface area contributed by atoms with Crippen LogP contribution >= 0.6 is 0 Å². The zero-order valence-corrected chi connectivity index (χ0v) is 13.7. The van der Waals surface area contributed by atoms with Crippen molar-refractivity contribution in [2.45, 2.75) is 31.3 Å². The van der Waals surface area contributed by atoms with Gasteiger partial charge in [0.25, 0.3) is 0 Å². The molecular weight excluding hydrogens is 274 g/mol. The molecule has 1 saturated carbocycles. The van der Waals surface area contributed by atoms with Crippen molar-refractivity contribution < 1.29 is 4.79 Å². The maximum absolute atomic E-state index is 12.3. The van der Waals surface area contributed by atoms with E-state index in [1.54, 1.807) is 0 Å². The largest absolute Gasteiger partial charge is 0.353 e. The Bertz CT molecular complexity index is 502. The molecule has 1 N–H and O–H groups in total. The van der Waals surface area contributed by atoms with Gasteiger partial charge in [0.05, 0.1) is 12.6 Å². The van der Waals surface area contributed by atoms with Gasteiger partial charge in [0, 0.05) is 19.1 Å². The maximum Gasteiger partial charge on any atom is 0.234 e. The molecule has 4 heteroatoms. The number of likely N-dealkylation sites (N-methyl/N-ethyl adjacent to an activating group) is 1. The van der Waals surface area contributed by atoms with Gasteiger partial charge in [-0.05, 0) is 44.8 Å². The van der Waals surface area contributed by atoms with E-state index in [0.29, 0.717) is 19.1 Å². The smallest absolute Gasteiger partial charge is 0.234 e. The van der Waals surface area contributed by atoms with Gasteiger partial charge in [-0.3, -0.25) is 9.69 Å². The molecule has 3 atom stereocenters. The minimum Gasteiger partial charge on any atom is -0.353 e. The summed E-state index contributed by atoms with van der Waals surface area (Å²) in [6, 6.07) is 11.3. The van der Waals surface area contributed by atoms with Crippen molar-refractivity contribution in [3.8, 4) is 0 Å². The van der Waals surface area contributed by atoms with E-state index in [-0.39, 0.29) is 11.9 Å². The van der Waals surface area contributed by atoms with Gasteiger partial charge in [0.1, 0.15) is 0 Å². The molecule has 0 aromatic heterocycles. The van der Waals surface area contributed by atoms with Crippen LogP contribution in [0.2, 0.25) is 0 Å². The van der Waals surface area contributed by atoms with Crippen LogP contribution in [0.1, 0.15) is 30.9 Å². The number of fused-ring (bicyclic) bond motifs is 2. The number of amides is 1. The molecule has 2 fully saturated rings. The Kier molecular flexibility index (Phi) is 4.79. The quantitative estimate of drug-likeness (QED) is 0.871. The lowest BCUT2D eigenvalue weighted by atomic mass is 10.1. The number of carbonyl (C=O) groups is 1. The first-order chi connectivity index (χ1) is 10.6. The zero-order chi connectivity index (χ0) is 15.5. The molecule has 1 heterocycles. The highest BCUT2D eigenvalue weighted by atomic mass is 16.2. The number of carbonyl (C=O) groups excluding carboxylic acids is 1. The number of hydrogen-bond donors (Lipinski definition) is 1. The van der Waals surface area contributed by atoms with Gasteiger partial charge >= 0.3 is 0 Å². The summed E-state index contributed by atoms with van der Waals surface area (Å²) in [6.07, 6.45) is 3.94. The molecule has 1 aliphatic carbocycles. The third kappa shape index (κ3) is 3.50. The number of hydrogen-bond acceptors (Lipinski definition) is 3. The molecule has 1 aliphatic heterocycles. The van der Waals surface area contributed by atoms with Crippen molar-refractivity contribution in [2.75, 3.05) is 33.7 Å². The fraction of sp³-hybridized carbons (Fsp3) is 0.611. The number of piperidine rings is 1. The van der Waals surface area contributed by atoms with Crippen LogP contribution in [-0.4, -0.2) is 55.5 Å². The van der Waals surface area contributed by atoms with Gasteiger partial charge in [-0.2, -0.15) is 0 Å². The van der Waals surface area contributed by atoms with Gasteiger partial charge < -0.3 is 10.2 Å². The molecule has 3 rings (SSSR count). The normalized spacial score (nSPS) is 25.6. The van der Waals surface area contributed by atoms with E-state index in [2.05, 4.69) is 53.5 Å². The third-order valence-electron chi connectivity index (χ3n) is 5.17. The summed E-state index contributed by atoms with van der Waals surface area (Å²) in [5.74, 6) is 1.01.